The summed E-state index contributed by atoms with van der Waals surface area (Å²) in [6.07, 6.45) is 6.48. The number of rotatable bonds is 3. The summed E-state index contributed by atoms with van der Waals surface area (Å²) in [6.45, 7) is 4.62. The zero-order valence-electron chi connectivity index (χ0n) is 9.18. The Morgan fingerprint density at radius 1 is 1.36 bits per heavy atom. The van der Waals surface area contributed by atoms with Crippen molar-refractivity contribution < 1.29 is 9.90 Å². The van der Waals surface area contributed by atoms with Gasteiger partial charge in [0.2, 0.25) is 0 Å². The van der Waals surface area contributed by atoms with Gasteiger partial charge in [-0.2, -0.15) is 0 Å². The van der Waals surface area contributed by atoms with E-state index in [-0.39, 0.29) is 5.41 Å². The van der Waals surface area contributed by atoms with Gasteiger partial charge in [0.25, 0.3) is 0 Å². The maximum Gasteiger partial charge on any atom is 0.303 e. The van der Waals surface area contributed by atoms with Gasteiger partial charge in [0.1, 0.15) is 0 Å². The summed E-state index contributed by atoms with van der Waals surface area (Å²) in [5, 5.41) is 8.88. The van der Waals surface area contributed by atoms with Crippen molar-refractivity contribution in [3.8, 4) is 0 Å². The van der Waals surface area contributed by atoms with Crippen molar-refractivity contribution in [2.75, 3.05) is 0 Å². The van der Waals surface area contributed by atoms with E-state index in [9.17, 15) is 4.79 Å². The van der Waals surface area contributed by atoms with E-state index in [0.29, 0.717) is 17.8 Å². The molecule has 0 aromatic rings. The zero-order valence-corrected chi connectivity index (χ0v) is 9.18. The van der Waals surface area contributed by atoms with E-state index in [2.05, 4.69) is 13.8 Å². The van der Waals surface area contributed by atoms with Crippen LogP contribution < -0.4 is 0 Å². The topological polar surface area (TPSA) is 37.3 Å². The molecule has 2 aliphatic rings. The van der Waals surface area contributed by atoms with E-state index in [4.69, 9.17) is 5.11 Å². The minimum atomic E-state index is -0.604. The molecule has 1 unspecified atom stereocenters. The lowest BCUT2D eigenvalue weighted by atomic mass is 9.82. The van der Waals surface area contributed by atoms with Crippen LogP contribution in [-0.2, 0) is 4.79 Å². The van der Waals surface area contributed by atoms with Crippen LogP contribution in [0.3, 0.4) is 0 Å². The summed E-state index contributed by atoms with van der Waals surface area (Å²) in [5.74, 6) is 0.0841. The van der Waals surface area contributed by atoms with Gasteiger partial charge in [0, 0.05) is 0 Å². The first-order chi connectivity index (χ1) is 6.44. The Bertz CT molecular complexity index is 251. The number of carboxylic acid groups (broad SMARTS) is 1. The minimum absolute atomic E-state index is 0.208. The van der Waals surface area contributed by atoms with Crippen molar-refractivity contribution >= 4 is 5.97 Å². The first-order valence-electron chi connectivity index (χ1n) is 5.65. The maximum atomic E-state index is 10.8. The summed E-state index contributed by atoms with van der Waals surface area (Å²) >= 11 is 0. The number of hydrogen-bond acceptors (Lipinski definition) is 1. The van der Waals surface area contributed by atoms with Crippen LogP contribution in [0.5, 0.6) is 0 Å². The number of carbonyl (C=O) groups is 1. The molecule has 1 N–H and O–H groups in total. The first kappa shape index (κ1) is 10.0. The highest BCUT2D eigenvalue weighted by molar-refractivity contribution is 5.68. The molecule has 1 atom stereocenters. The van der Waals surface area contributed by atoms with Crippen LogP contribution in [0, 0.1) is 16.7 Å². The molecular weight excluding hydrogens is 176 g/mol. The Morgan fingerprint density at radius 2 is 2.00 bits per heavy atom. The van der Waals surface area contributed by atoms with Gasteiger partial charge in [0.15, 0.2) is 0 Å². The van der Waals surface area contributed by atoms with Crippen molar-refractivity contribution in [2.45, 2.75) is 52.4 Å². The monoisotopic (exact) mass is 196 g/mol. The molecule has 2 fully saturated rings. The number of carboxylic acids is 1. The Balaban J connectivity index is 1.99. The lowest BCUT2D eigenvalue weighted by Crippen LogP contribution is -2.18. The van der Waals surface area contributed by atoms with Gasteiger partial charge < -0.3 is 5.11 Å². The standard InChI is InChI=1S/C12H20O2/c1-11(2)4-3-9(7-11)12(5-6-12)8-10(13)14/h9H,3-8H2,1-2H3,(H,13,14). The quantitative estimate of drug-likeness (QED) is 0.753. The lowest BCUT2D eigenvalue weighted by Gasteiger charge is -2.23. The van der Waals surface area contributed by atoms with Crippen LogP contribution in [-0.4, -0.2) is 11.1 Å². The van der Waals surface area contributed by atoms with Crippen LogP contribution in [0.25, 0.3) is 0 Å². The van der Waals surface area contributed by atoms with E-state index in [1.165, 1.54) is 19.3 Å². The highest BCUT2D eigenvalue weighted by atomic mass is 16.4. The van der Waals surface area contributed by atoms with Crippen molar-refractivity contribution in [1.82, 2.24) is 0 Å². The van der Waals surface area contributed by atoms with Crippen LogP contribution in [0.1, 0.15) is 52.4 Å². The van der Waals surface area contributed by atoms with E-state index >= 15 is 0 Å². The summed E-state index contributed by atoms with van der Waals surface area (Å²) in [4.78, 5) is 10.8. The SMILES string of the molecule is CC1(C)CCC(C2(CC(=O)O)CC2)C1. The van der Waals surface area contributed by atoms with Gasteiger partial charge >= 0.3 is 5.97 Å². The molecule has 0 saturated heterocycles. The summed E-state index contributed by atoms with van der Waals surface area (Å²) in [7, 11) is 0. The Labute approximate surface area is 85.7 Å². The lowest BCUT2D eigenvalue weighted by molar-refractivity contribution is -0.139. The molecule has 80 valence electrons. The van der Waals surface area contributed by atoms with Crippen LogP contribution in [0.4, 0.5) is 0 Å². The third-order valence-electron chi connectivity index (χ3n) is 4.23. The molecule has 2 nitrogen and oxygen atoms in total. The molecule has 0 amide bonds. The first-order valence-corrected chi connectivity index (χ1v) is 5.65. The molecule has 2 heteroatoms. The predicted molar refractivity (Wildman–Crippen MR) is 55.0 cm³/mol. The van der Waals surface area contributed by atoms with E-state index in [1.54, 1.807) is 0 Å². The highest BCUT2D eigenvalue weighted by Gasteiger charge is 2.53. The molecule has 0 aliphatic heterocycles. The summed E-state index contributed by atoms with van der Waals surface area (Å²) < 4.78 is 0. The predicted octanol–water partition coefficient (Wildman–Crippen LogP) is 3.07. The van der Waals surface area contributed by atoms with Gasteiger partial charge in [0.05, 0.1) is 6.42 Å². The molecule has 0 radical (unpaired) electrons. The second-order valence-electron chi connectivity index (χ2n) is 6.04. The Hall–Kier alpha value is -0.530. The molecule has 2 aliphatic carbocycles. The number of aliphatic carboxylic acids is 1. The van der Waals surface area contributed by atoms with Crippen LogP contribution in [0.15, 0.2) is 0 Å². The molecular formula is C12H20O2. The van der Waals surface area contributed by atoms with Crippen molar-refractivity contribution in [2.24, 2.45) is 16.7 Å². The molecule has 0 aromatic carbocycles. The zero-order chi connectivity index (χ0) is 10.4. The molecule has 2 rings (SSSR count). The van der Waals surface area contributed by atoms with Crippen molar-refractivity contribution in [3.63, 3.8) is 0 Å². The van der Waals surface area contributed by atoms with Crippen molar-refractivity contribution in [3.05, 3.63) is 0 Å². The molecule has 2 saturated carbocycles. The fourth-order valence-corrected chi connectivity index (χ4v) is 3.15. The van der Waals surface area contributed by atoms with Gasteiger partial charge in [-0.05, 0) is 48.9 Å². The van der Waals surface area contributed by atoms with Gasteiger partial charge in [-0.1, -0.05) is 13.8 Å². The average Bonchev–Trinajstić information content (AvgIpc) is 2.69. The van der Waals surface area contributed by atoms with E-state index in [0.717, 1.165) is 12.8 Å². The highest BCUT2D eigenvalue weighted by Crippen LogP contribution is 2.62. The smallest absolute Gasteiger partial charge is 0.303 e. The molecule has 0 aromatic heterocycles. The van der Waals surface area contributed by atoms with Gasteiger partial charge in [-0.25, -0.2) is 0 Å². The fourth-order valence-electron chi connectivity index (χ4n) is 3.15. The second-order valence-corrected chi connectivity index (χ2v) is 6.04. The Kier molecular flexibility index (Phi) is 2.13. The number of hydrogen-bond donors (Lipinski definition) is 1. The Morgan fingerprint density at radius 3 is 2.36 bits per heavy atom. The van der Waals surface area contributed by atoms with Crippen LogP contribution in [0.2, 0.25) is 0 Å². The maximum absolute atomic E-state index is 10.8. The summed E-state index contributed by atoms with van der Waals surface area (Å²) in [6, 6.07) is 0. The second kappa shape index (κ2) is 2.98. The molecule has 0 heterocycles. The van der Waals surface area contributed by atoms with E-state index < -0.39 is 5.97 Å². The molecule has 0 spiro atoms. The third kappa shape index (κ3) is 1.79. The average molecular weight is 196 g/mol. The third-order valence-corrected chi connectivity index (χ3v) is 4.23. The normalized spacial score (nSPS) is 32.9. The van der Waals surface area contributed by atoms with Crippen molar-refractivity contribution in [1.29, 1.82) is 0 Å². The van der Waals surface area contributed by atoms with Crippen LogP contribution >= 0.6 is 0 Å². The van der Waals surface area contributed by atoms with Gasteiger partial charge in [-0.15, -0.1) is 0 Å². The minimum Gasteiger partial charge on any atom is -0.481 e. The summed E-state index contributed by atoms with van der Waals surface area (Å²) in [5.41, 5.74) is 0.665. The van der Waals surface area contributed by atoms with E-state index in [1.807, 2.05) is 0 Å². The van der Waals surface area contributed by atoms with Gasteiger partial charge in [-0.3, -0.25) is 4.79 Å². The largest absolute Gasteiger partial charge is 0.481 e. The fraction of sp³-hybridized carbons (Fsp3) is 0.917. The molecule has 0 bridgehead atoms. The molecule has 14 heavy (non-hydrogen) atoms.